The van der Waals surface area contributed by atoms with Crippen LogP contribution in [-0.2, 0) is 11.3 Å². The molecule has 1 rings (SSSR count). The number of nitrogens with zero attached hydrogens (tertiary/aromatic N) is 1. The molecule has 22 heavy (non-hydrogen) atoms. The van der Waals surface area contributed by atoms with E-state index in [0.717, 1.165) is 11.3 Å². The molecule has 1 aromatic rings. The van der Waals surface area contributed by atoms with Gasteiger partial charge in [-0.25, -0.2) is 0 Å². The van der Waals surface area contributed by atoms with E-state index in [4.69, 9.17) is 4.74 Å². The zero-order valence-electron chi connectivity index (χ0n) is 14.0. The van der Waals surface area contributed by atoms with Crippen molar-refractivity contribution in [3.05, 3.63) is 29.8 Å². The van der Waals surface area contributed by atoms with Crippen LogP contribution in [-0.4, -0.2) is 38.1 Å². The van der Waals surface area contributed by atoms with Gasteiger partial charge in [0, 0.05) is 19.1 Å². The summed E-state index contributed by atoms with van der Waals surface area (Å²) in [6, 6.07) is 7.78. The summed E-state index contributed by atoms with van der Waals surface area (Å²) in [4.78, 5) is 15.9. The molecule has 3 N–H and O–H groups in total. The summed E-state index contributed by atoms with van der Waals surface area (Å²) >= 11 is 0. The van der Waals surface area contributed by atoms with E-state index in [1.54, 1.807) is 14.2 Å². The Morgan fingerprint density at radius 1 is 1.27 bits per heavy atom. The van der Waals surface area contributed by atoms with Crippen LogP contribution in [0.2, 0.25) is 0 Å². The molecule has 1 amide bonds. The zero-order chi connectivity index (χ0) is 16.6. The first-order chi connectivity index (χ1) is 10.3. The van der Waals surface area contributed by atoms with Crippen molar-refractivity contribution < 1.29 is 9.53 Å². The predicted octanol–water partition coefficient (Wildman–Crippen LogP) is 1.27. The molecular weight excluding hydrogens is 280 g/mol. The van der Waals surface area contributed by atoms with Gasteiger partial charge in [0.1, 0.15) is 5.75 Å². The van der Waals surface area contributed by atoms with E-state index in [0.29, 0.717) is 12.5 Å². The van der Waals surface area contributed by atoms with Crippen molar-refractivity contribution in [2.45, 2.75) is 32.9 Å². The lowest BCUT2D eigenvalue weighted by Crippen LogP contribution is -2.48. The quantitative estimate of drug-likeness (QED) is 0.566. The summed E-state index contributed by atoms with van der Waals surface area (Å²) < 4.78 is 5.19. The third-order valence-corrected chi connectivity index (χ3v) is 2.75. The van der Waals surface area contributed by atoms with Gasteiger partial charge in [-0.3, -0.25) is 9.79 Å². The summed E-state index contributed by atoms with van der Waals surface area (Å²) in [6.45, 7) is 6.61. The van der Waals surface area contributed by atoms with Crippen LogP contribution in [0.15, 0.2) is 29.3 Å². The summed E-state index contributed by atoms with van der Waals surface area (Å²) in [5, 5.41) is 9.03. The Labute approximate surface area is 132 Å². The Kier molecular flexibility index (Phi) is 6.69. The minimum absolute atomic E-state index is 0.0724. The van der Waals surface area contributed by atoms with Crippen molar-refractivity contribution in [3.63, 3.8) is 0 Å². The number of aliphatic imine (C=N–C) groups is 1. The first-order valence-corrected chi connectivity index (χ1v) is 7.22. The van der Waals surface area contributed by atoms with E-state index in [-0.39, 0.29) is 18.0 Å². The van der Waals surface area contributed by atoms with Crippen molar-refractivity contribution in [2.75, 3.05) is 20.7 Å². The van der Waals surface area contributed by atoms with Gasteiger partial charge >= 0.3 is 0 Å². The molecule has 0 aliphatic heterocycles. The highest BCUT2D eigenvalue weighted by atomic mass is 16.5. The Morgan fingerprint density at radius 2 is 2.00 bits per heavy atom. The largest absolute Gasteiger partial charge is 0.497 e. The average molecular weight is 306 g/mol. The molecule has 0 spiro atoms. The highest BCUT2D eigenvalue weighted by molar-refractivity contribution is 5.86. The lowest BCUT2D eigenvalue weighted by atomic mass is 10.1. The number of methoxy groups -OCH3 is 1. The lowest BCUT2D eigenvalue weighted by Gasteiger charge is -2.21. The topological polar surface area (TPSA) is 74.8 Å². The van der Waals surface area contributed by atoms with Crippen LogP contribution in [0.5, 0.6) is 5.75 Å². The maximum atomic E-state index is 11.8. The van der Waals surface area contributed by atoms with Crippen LogP contribution in [0.4, 0.5) is 0 Å². The second-order valence-electron chi connectivity index (χ2n) is 5.93. The molecule has 0 heterocycles. The van der Waals surface area contributed by atoms with Gasteiger partial charge in [-0.15, -0.1) is 0 Å². The lowest BCUT2D eigenvalue weighted by molar-refractivity contribution is -0.121. The number of carbonyl (C=O) groups excluding carboxylic acids is 1. The van der Waals surface area contributed by atoms with Gasteiger partial charge in [-0.2, -0.15) is 0 Å². The van der Waals surface area contributed by atoms with E-state index < -0.39 is 0 Å². The van der Waals surface area contributed by atoms with Crippen molar-refractivity contribution >= 4 is 11.9 Å². The Balaban J connectivity index is 2.44. The van der Waals surface area contributed by atoms with Crippen molar-refractivity contribution in [1.29, 1.82) is 0 Å². The van der Waals surface area contributed by atoms with Crippen LogP contribution in [0.1, 0.15) is 26.3 Å². The van der Waals surface area contributed by atoms with E-state index in [1.165, 1.54) is 0 Å². The Hall–Kier alpha value is -2.24. The van der Waals surface area contributed by atoms with Crippen LogP contribution in [0.25, 0.3) is 0 Å². The molecule has 0 fully saturated rings. The van der Waals surface area contributed by atoms with Crippen molar-refractivity contribution in [1.82, 2.24) is 16.0 Å². The zero-order valence-corrected chi connectivity index (χ0v) is 14.0. The minimum Gasteiger partial charge on any atom is -0.497 e. The molecule has 6 nitrogen and oxygen atoms in total. The minimum atomic E-state index is -0.240. The molecular formula is C16H26N4O2. The first-order valence-electron chi connectivity index (χ1n) is 7.22. The number of rotatable bonds is 5. The van der Waals surface area contributed by atoms with Crippen molar-refractivity contribution in [3.8, 4) is 5.75 Å². The number of hydrogen-bond donors (Lipinski definition) is 3. The monoisotopic (exact) mass is 306 g/mol. The summed E-state index contributed by atoms with van der Waals surface area (Å²) in [6.07, 6.45) is 0. The SMILES string of the molecule is CN=C(NCC(=O)NC(C)(C)C)NCc1cccc(OC)c1. The fraction of sp³-hybridized carbons (Fsp3) is 0.500. The van der Waals surface area contributed by atoms with Crippen LogP contribution in [0, 0.1) is 0 Å². The number of benzene rings is 1. The fourth-order valence-corrected chi connectivity index (χ4v) is 1.82. The second kappa shape index (κ2) is 8.26. The molecule has 1 aromatic carbocycles. The van der Waals surface area contributed by atoms with Gasteiger partial charge in [0.05, 0.1) is 13.7 Å². The highest BCUT2D eigenvalue weighted by Gasteiger charge is 2.13. The maximum absolute atomic E-state index is 11.8. The number of guanidine groups is 1. The highest BCUT2D eigenvalue weighted by Crippen LogP contribution is 2.11. The van der Waals surface area contributed by atoms with Crippen molar-refractivity contribution in [2.24, 2.45) is 4.99 Å². The molecule has 0 saturated heterocycles. The van der Waals surface area contributed by atoms with Crippen LogP contribution < -0.4 is 20.7 Å². The Bertz CT molecular complexity index is 521. The summed E-state index contributed by atoms with van der Waals surface area (Å²) in [5.74, 6) is 1.32. The second-order valence-corrected chi connectivity index (χ2v) is 5.93. The number of nitrogens with one attached hydrogen (secondary N) is 3. The van der Waals surface area contributed by atoms with Crippen LogP contribution in [0.3, 0.4) is 0 Å². The molecule has 6 heteroatoms. The first kappa shape index (κ1) is 17.8. The van der Waals surface area contributed by atoms with E-state index in [2.05, 4.69) is 20.9 Å². The molecule has 0 radical (unpaired) electrons. The van der Waals surface area contributed by atoms with Gasteiger partial charge in [0.15, 0.2) is 5.96 Å². The van der Waals surface area contributed by atoms with Gasteiger partial charge in [-0.05, 0) is 38.5 Å². The third-order valence-electron chi connectivity index (χ3n) is 2.75. The van der Waals surface area contributed by atoms with E-state index >= 15 is 0 Å². The number of amides is 1. The fourth-order valence-electron chi connectivity index (χ4n) is 1.82. The normalized spacial score (nSPS) is 11.8. The van der Waals surface area contributed by atoms with E-state index in [1.807, 2.05) is 45.0 Å². The number of ether oxygens (including phenoxy) is 1. The smallest absolute Gasteiger partial charge is 0.239 e. The standard InChI is InChI=1S/C16H26N4O2/c1-16(2,3)20-14(21)11-19-15(17-4)18-10-12-7-6-8-13(9-12)22-5/h6-9H,10-11H2,1-5H3,(H,20,21)(H2,17,18,19). The van der Waals surface area contributed by atoms with Gasteiger partial charge in [-0.1, -0.05) is 12.1 Å². The van der Waals surface area contributed by atoms with Gasteiger partial charge < -0.3 is 20.7 Å². The third kappa shape index (κ3) is 6.97. The average Bonchev–Trinajstić information content (AvgIpc) is 2.46. The van der Waals surface area contributed by atoms with Gasteiger partial charge in [0.25, 0.3) is 0 Å². The molecule has 0 saturated carbocycles. The molecule has 0 unspecified atom stereocenters. The molecule has 0 aliphatic rings. The Morgan fingerprint density at radius 3 is 2.59 bits per heavy atom. The molecule has 0 bridgehead atoms. The molecule has 122 valence electrons. The number of hydrogen-bond acceptors (Lipinski definition) is 3. The van der Waals surface area contributed by atoms with E-state index in [9.17, 15) is 4.79 Å². The molecule has 0 aromatic heterocycles. The van der Waals surface area contributed by atoms with Gasteiger partial charge in [0.2, 0.25) is 5.91 Å². The number of carbonyl (C=O) groups is 1. The molecule has 0 aliphatic carbocycles. The summed E-state index contributed by atoms with van der Waals surface area (Å²) in [5.41, 5.74) is 0.831. The predicted molar refractivity (Wildman–Crippen MR) is 89.1 cm³/mol. The molecule has 0 atom stereocenters. The maximum Gasteiger partial charge on any atom is 0.239 e. The summed E-state index contributed by atoms with van der Waals surface area (Å²) in [7, 11) is 3.31. The van der Waals surface area contributed by atoms with Crippen LogP contribution >= 0.6 is 0 Å².